The fourth-order valence-electron chi connectivity index (χ4n) is 1.24. The number of hydrogen-bond donors (Lipinski definition) is 0. The molecule has 0 aromatic carbocycles. The highest BCUT2D eigenvalue weighted by Gasteiger charge is 2.27. The maximum Gasteiger partial charge on any atom is 0.225 e. The zero-order chi connectivity index (χ0) is 9.72. The fourth-order valence-corrected chi connectivity index (χ4v) is 1.24. The zero-order valence-electron chi connectivity index (χ0n) is 8.92. The second-order valence-electron chi connectivity index (χ2n) is 3.50. The van der Waals surface area contributed by atoms with Crippen molar-refractivity contribution in [3.8, 4) is 0 Å². The number of likely N-dealkylation sites (tertiary alicyclic amines) is 1. The van der Waals surface area contributed by atoms with Crippen molar-refractivity contribution >= 4 is 5.91 Å². The first-order valence-corrected chi connectivity index (χ1v) is 4.90. The third kappa shape index (κ3) is 2.84. The van der Waals surface area contributed by atoms with Crippen LogP contribution in [0.4, 0.5) is 0 Å². The molecule has 72 valence electrons. The molecule has 1 fully saturated rings. The summed E-state index contributed by atoms with van der Waals surface area (Å²) in [5.41, 5.74) is 0. The van der Waals surface area contributed by atoms with Crippen LogP contribution in [0.3, 0.4) is 0 Å². The van der Waals surface area contributed by atoms with Crippen LogP contribution in [0.5, 0.6) is 0 Å². The Balaban J connectivity index is 0.000000561. The number of nitrogens with zero attached hydrogens (tertiary/aromatic N) is 1. The monoisotopic (exact) mass is 171 g/mol. The normalized spacial score (nSPS) is 16.7. The lowest BCUT2D eigenvalue weighted by atomic mass is 10.0. The lowest BCUT2D eigenvalue weighted by molar-refractivity contribution is -0.140. The summed E-state index contributed by atoms with van der Waals surface area (Å²) in [6, 6.07) is 0. The summed E-state index contributed by atoms with van der Waals surface area (Å²) in [4.78, 5) is 13.1. The predicted octanol–water partition coefficient (Wildman–Crippen LogP) is 2.15. The minimum absolute atomic E-state index is 0.174. The summed E-state index contributed by atoms with van der Waals surface area (Å²) >= 11 is 0. The number of rotatable bonds is 1. The lowest BCUT2D eigenvalue weighted by Crippen LogP contribution is -2.50. The Morgan fingerprint density at radius 2 is 1.75 bits per heavy atom. The molecule has 0 unspecified atom stereocenters. The molecule has 1 saturated heterocycles. The van der Waals surface area contributed by atoms with Crippen molar-refractivity contribution in [2.75, 3.05) is 13.1 Å². The van der Waals surface area contributed by atoms with Crippen molar-refractivity contribution in [3.05, 3.63) is 0 Å². The highest BCUT2D eigenvalue weighted by Crippen LogP contribution is 2.16. The lowest BCUT2D eigenvalue weighted by Gasteiger charge is -2.38. The van der Waals surface area contributed by atoms with Crippen molar-refractivity contribution in [2.24, 2.45) is 11.8 Å². The molecular formula is C10H21NO. The van der Waals surface area contributed by atoms with Crippen LogP contribution in [0.2, 0.25) is 0 Å². The molecule has 0 aliphatic carbocycles. The molecule has 0 saturated carbocycles. The van der Waals surface area contributed by atoms with Gasteiger partial charge >= 0.3 is 0 Å². The molecule has 0 aromatic rings. The number of carbonyl (C=O) groups is 1. The fraction of sp³-hybridized carbons (Fsp3) is 0.900. The summed E-state index contributed by atoms with van der Waals surface area (Å²) < 4.78 is 0. The Morgan fingerprint density at radius 1 is 1.33 bits per heavy atom. The van der Waals surface area contributed by atoms with E-state index >= 15 is 0 Å². The van der Waals surface area contributed by atoms with E-state index < -0.39 is 0 Å². The largest absolute Gasteiger partial charge is 0.342 e. The van der Waals surface area contributed by atoms with Crippen LogP contribution in [-0.2, 0) is 4.79 Å². The van der Waals surface area contributed by atoms with Crippen LogP contribution in [-0.4, -0.2) is 23.9 Å². The first-order chi connectivity index (χ1) is 5.61. The Bertz CT molecular complexity index is 137. The van der Waals surface area contributed by atoms with E-state index in [0.29, 0.717) is 5.91 Å². The topological polar surface area (TPSA) is 20.3 Å². The zero-order valence-corrected chi connectivity index (χ0v) is 8.92. The van der Waals surface area contributed by atoms with Gasteiger partial charge < -0.3 is 4.90 Å². The summed E-state index contributed by atoms with van der Waals surface area (Å²) in [5, 5.41) is 0. The smallest absolute Gasteiger partial charge is 0.225 e. The molecule has 2 nitrogen and oxygen atoms in total. The summed E-state index contributed by atoms with van der Waals surface area (Å²) in [6.07, 6.45) is 0. The van der Waals surface area contributed by atoms with Crippen molar-refractivity contribution < 1.29 is 4.79 Å². The van der Waals surface area contributed by atoms with Crippen molar-refractivity contribution in [1.82, 2.24) is 4.90 Å². The van der Waals surface area contributed by atoms with Crippen LogP contribution < -0.4 is 0 Å². The molecule has 0 radical (unpaired) electrons. The van der Waals surface area contributed by atoms with Gasteiger partial charge in [-0.1, -0.05) is 34.6 Å². The van der Waals surface area contributed by atoms with Gasteiger partial charge in [-0.05, 0) is 5.92 Å². The Morgan fingerprint density at radius 3 is 2.00 bits per heavy atom. The van der Waals surface area contributed by atoms with Gasteiger partial charge in [0.15, 0.2) is 0 Å². The third-order valence-electron chi connectivity index (χ3n) is 1.87. The van der Waals surface area contributed by atoms with Gasteiger partial charge in [0.05, 0.1) is 0 Å². The summed E-state index contributed by atoms with van der Waals surface area (Å²) in [6.45, 7) is 12.0. The average Bonchev–Trinajstić information content (AvgIpc) is 2.01. The van der Waals surface area contributed by atoms with Gasteiger partial charge in [0.1, 0.15) is 0 Å². The van der Waals surface area contributed by atoms with E-state index in [4.69, 9.17) is 0 Å². The molecular weight excluding hydrogens is 150 g/mol. The van der Waals surface area contributed by atoms with E-state index in [9.17, 15) is 4.79 Å². The molecule has 1 heterocycles. The second-order valence-corrected chi connectivity index (χ2v) is 3.50. The van der Waals surface area contributed by atoms with Crippen LogP contribution in [0.1, 0.15) is 34.6 Å². The van der Waals surface area contributed by atoms with Crippen molar-refractivity contribution in [1.29, 1.82) is 0 Å². The van der Waals surface area contributed by atoms with E-state index in [2.05, 4.69) is 6.92 Å². The van der Waals surface area contributed by atoms with Gasteiger partial charge in [-0.25, -0.2) is 0 Å². The molecule has 0 bridgehead atoms. The number of hydrogen-bond acceptors (Lipinski definition) is 1. The van der Waals surface area contributed by atoms with Gasteiger partial charge in [-0.3, -0.25) is 4.79 Å². The SMILES string of the molecule is CC.CC1CN(C(=O)C(C)C)C1. The Hall–Kier alpha value is -0.530. The molecule has 1 aliphatic rings. The molecule has 0 aromatic heterocycles. The molecule has 1 rings (SSSR count). The van der Waals surface area contributed by atoms with E-state index in [1.807, 2.05) is 32.6 Å². The molecule has 0 N–H and O–H groups in total. The van der Waals surface area contributed by atoms with Gasteiger partial charge in [0.25, 0.3) is 0 Å². The van der Waals surface area contributed by atoms with Gasteiger partial charge in [-0.2, -0.15) is 0 Å². The van der Waals surface area contributed by atoms with Crippen molar-refractivity contribution in [3.63, 3.8) is 0 Å². The first kappa shape index (κ1) is 11.5. The van der Waals surface area contributed by atoms with E-state index in [0.717, 1.165) is 19.0 Å². The maximum atomic E-state index is 11.2. The van der Waals surface area contributed by atoms with Gasteiger partial charge in [-0.15, -0.1) is 0 Å². The molecule has 0 atom stereocenters. The highest BCUT2D eigenvalue weighted by atomic mass is 16.2. The molecule has 1 aliphatic heterocycles. The molecule has 1 amide bonds. The van der Waals surface area contributed by atoms with E-state index in [1.165, 1.54) is 0 Å². The second kappa shape index (κ2) is 5.18. The van der Waals surface area contributed by atoms with Crippen LogP contribution in [0.25, 0.3) is 0 Å². The average molecular weight is 171 g/mol. The molecule has 12 heavy (non-hydrogen) atoms. The van der Waals surface area contributed by atoms with Crippen molar-refractivity contribution in [2.45, 2.75) is 34.6 Å². The Kier molecular flexibility index (Phi) is 4.95. The van der Waals surface area contributed by atoms with Crippen LogP contribution >= 0.6 is 0 Å². The van der Waals surface area contributed by atoms with Gasteiger partial charge in [0, 0.05) is 19.0 Å². The number of amides is 1. The maximum absolute atomic E-state index is 11.2. The van der Waals surface area contributed by atoms with Crippen LogP contribution in [0, 0.1) is 11.8 Å². The van der Waals surface area contributed by atoms with E-state index in [1.54, 1.807) is 0 Å². The van der Waals surface area contributed by atoms with Crippen LogP contribution in [0.15, 0.2) is 0 Å². The third-order valence-corrected chi connectivity index (χ3v) is 1.87. The molecule has 2 heteroatoms. The summed E-state index contributed by atoms with van der Waals surface area (Å²) in [5.74, 6) is 1.20. The minimum Gasteiger partial charge on any atom is -0.342 e. The van der Waals surface area contributed by atoms with Gasteiger partial charge in [0.2, 0.25) is 5.91 Å². The quantitative estimate of drug-likeness (QED) is 0.592. The predicted molar refractivity (Wildman–Crippen MR) is 51.9 cm³/mol. The summed E-state index contributed by atoms with van der Waals surface area (Å²) in [7, 11) is 0. The Labute approximate surface area is 75.9 Å². The van der Waals surface area contributed by atoms with E-state index in [-0.39, 0.29) is 5.92 Å². The molecule has 0 spiro atoms. The number of carbonyl (C=O) groups excluding carboxylic acids is 1. The minimum atomic E-state index is 0.174. The first-order valence-electron chi connectivity index (χ1n) is 4.90. The highest BCUT2D eigenvalue weighted by molar-refractivity contribution is 5.78. The standard InChI is InChI=1S/C8H15NO.C2H6/c1-6(2)8(10)9-4-7(3)5-9;1-2/h6-7H,4-5H2,1-3H3;1-2H3.